The summed E-state index contributed by atoms with van der Waals surface area (Å²) in [6.45, 7) is 1.94. The quantitative estimate of drug-likeness (QED) is 0.721. The lowest BCUT2D eigenvalue weighted by molar-refractivity contribution is 0.107. The third-order valence-corrected chi connectivity index (χ3v) is 4.77. The standard InChI is InChI=1S/C14H28N2/c15-11-4-12-16-13-5-9-14(10-6-13)7-2-1-3-8-14/h13,16H,1-12,15H2. The minimum atomic E-state index is 0.768. The lowest BCUT2D eigenvalue weighted by Crippen LogP contribution is -2.39. The lowest BCUT2D eigenvalue weighted by atomic mass is 9.64. The summed E-state index contributed by atoms with van der Waals surface area (Å²) in [6, 6.07) is 0.791. The van der Waals surface area contributed by atoms with E-state index in [1.165, 1.54) is 57.8 Å². The molecular weight excluding hydrogens is 196 g/mol. The van der Waals surface area contributed by atoms with Gasteiger partial charge in [-0.2, -0.15) is 0 Å². The van der Waals surface area contributed by atoms with Crippen LogP contribution in [0.1, 0.15) is 64.2 Å². The van der Waals surface area contributed by atoms with Gasteiger partial charge in [-0.15, -0.1) is 0 Å². The summed E-state index contributed by atoms with van der Waals surface area (Å²) < 4.78 is 0. The van der Waals surface area contributed by atoms with Crippen LogP contribution in [0.3, 0.4) is 0 Å². The molecule has 0 aromatic rings. The number of rotatable bonds is 4. The van der Waals surface area contributed by atoms with Crippen LogP contribution >= 0.6 is 0 Å². The molecule has 2 rings (SSSR count). The maximum absolute atomic E-state index is 5.52. The highest BCUT2D eigenvalue weighted by Gasteiger charge is 2.35. The average molecular weight is 224 g/mol. The second-order valence-electron chi connectivity index (χ2n) is 5.93. The molecule has 0 unspecified atom stereocenters. The van der Waals surface area contributed by atoms with Crippen molar-refractivity contribution in [3.8, 4) is 0 Å². The van der Waals surface area contributed by atoms with E-state index in [9.17, 15) is 0 Å². The minimum absolute atomic E-state index is 0.768. The Morgan fingerprint density at radius 3 is 2.31 bits per heavy atom. The second-order valence-corrected chi connectivity index (χ2v) is 5.93. The van der Waals surface area contributed by atoms with Crippen molar-refractivity contribution in [2.45, 2.75) is 70.3 Å². The van der Waals surface area contributed by atoms with Gasteiger partial charge in [0.2, 0.25) is 0 Å². The molecule has 2 aliphatic rings. The topological polar surface area (TPSA) is 38.0 Å². The number of hydrogen-bond donors (Lipinski definition) is 2. The summed E-state index contributed by atoms with van der Waals surface area (Å²) >= 11 is 0. The van der Waals surface area contributed by atoms with Gasteiger partial charge < -0.3 is 11.1 Å². The van der Waals surface area contributed by atoms with Crippen LogP contribution in [0.2, 0.25) is 0 Å². The first kappa shape index (κ1) is 12.4. The summed E-state index contributed by atoms with van der Waals surface area (Å²) in [5, 5.41) is 3.66. The molecule has 0 atom stereocenters. The van der Waals surface area contributed by atoms with Crippen molar-refractivity contribution in [3.05, 3.63) is 0 Å². The van der Waals surface area contributed by atoms with E-state index >= 15 is 0 Å². The van der Waals surface area contributed by atoms with Crippen LogP contribution in [-0.4, -0.2) is 19.1 Å². The molecule has 1 spiro atoms. The Kier molecular flexibility index (Phi) is 4.66. The fourth-order valence-electron chi connectivity index (χ4n) is 3.64. The molecule has 0 bridgehead atoms. The van der Waals surface area contributed by atoms with Gasteiger partial charge in [-0.3, -0.25) is 0 Å². The van der Waals surface area contributed by atoms with E-state index < -0.39 is 0 Å². The predicted molar refractivity (Wildman–Crippen MR) is 69.4 cm³/mol. The van der Waals surface area contributed by atoms with Crippen LogP contribution in [0.5, 0.6) is 0 Å². The Labute approximate surface area is 100 Å². The Morgan fingerprint density at radius 1 is 1.00 bits per heavy atom. The van der Waals surface area contributed by atoms with Gasteiger partial charge in [0.1, 0.15) is 0 Å². The van der Waals surface area contributed by atoms with Crippen molar-refractivity contribution in [2.75, 3.05) is 13.1 Å². The average Bonchev–Trinajstić information content (AvgIpc) is 2.33. The third kappa shape index (κ3) is 3.21. The van der Waals surface area contributed by atoms with E-state index in [-0.39, 0.29) is 0 Å². The molecule has 0 amide bonds. The van der Waals surface area contributed by atoms with Crippen molar-refractivity contribution in [1.29, 1.82) is 0 Å². The van der Waals surface area contributed by atoms with Crippen LogP contribution in [0, 0.1) is 5.41 Å². The molecule has 2 nitrogen and oxygen atoms in total. The molecule has 16 heavy (non-hydrogen) atoms. The first-order chi connectivity index (χ1) is 7.85. The SMILES string of the molecule is NCCCNC1CCC2(CCCCC2)CC1. The highest BCUT2D eigenvalue weighted by molar-refractivity contribution is 4.89. The van der Waals surface area contributed by atoms with Gasteiger partial charge in [0.05, 0.1) is 0 Å². The first-order valence-electron chi connectivity index (χ1n) is 7.28. The maximum atomic E-state index is 5.52. The predicted octanol–water partition coefficient (Wildman–Crippen LogP) is 2.82. The van der Waals surface area contributed by atoms with E-state index in [1.807, 2.05) is 0 Å². The van der Waals surface area contributed by atoms with Gasteiger partial charge in [0.25, 0.3) is 0 Å². The first-order valence-corrected chi connectivity index (χ1v) is 7.28. The fourth-order valence-corrected chi connectivity index (χ4v) is 3.64. The van der Waals surface area contributed by atoms with Gasteiger partial charge in [-0.05, 0) is 63.5 Å². The third-order valence-electron chi connectivity index (χ3n) is 4.77. The van der Waals surface area contributed by atoms with Gasteiger partial charge in [0.15, 0.2) is 0 Å². The van der Waals surface area contributed by atoms with Crippen LogP contribution < -0.4 is 11.1 Å². The van der Waals surface area contributed by atoms with Crippen molar-refractivity contribution in [1.82, 2.24) is 5.32 Å². The molecule has 2 heteroatoms. The highest BCUT2D eigenvalue weighted by atomic mass is 14.9. The van der Waals surface area contributed by atoms with Crippen molar-refractivity contribution in [2.24, 2.45) is 11.1 Å². The van der Waals surface area contributed by atoms with Gasteiger partial charge in [-0.25, -0.2) is 0 Å². The molecule has 2 aliphatic carbocycles. The van der Waals surface area contributed by atoms with Gasteiger partial charge in [-0.1, -0.05) is 19.3 Å². The van der Waals surface area contributed by atoms with E-state index in [4.69, 9.17) is 5.73 Å². The van der Waals surface area contributed by atoms with E-state index in [1.54, 1.807) is 0 Å². The second kappa shape index (κ2) is 6.02. The van der Waals surface area contributed by atoms with E-state index in [0.29, 0.717) is 0 Å². The van der Waals surface area contributed by atoms with Crippen LogP contribution in [0.25, 0.3) is 0 Å². The summed E-state index contributed by atoms with van der Waals surface area (Å²) in [4.78, 5) is 0. The summed E-state index contributed by atoms with van der Waals surface area (Å²) in [5.41, 5.74) is 6.28. The zero-order chi connectivity index (χ0) is 11.3. The molecule has 2 fully saturated rings. The Hall–Kier alpha value is -0.0800. The van der Waals surface area contributed by atoms with E-state index in [2.05, 4.69) is 5.32 Å². The lowest BCUT2D eigenvalue weighted by Gasteiger charge is -2.43. The van der Waals surface area contributed by atoms with Crippen molar-refractivity contribution in [3.63, 3.8) is 0 Å². The van der Waals surface area contributed by atoms with E-state index in [0.717, 1.165) is 31.0 Å². The Bertz CT molecular complexity index is 187. The zero-order valence-corrected chi connectivity index (χ0v) is 10.6. The number of nitrogens with one attached hydrogen (secondary N) is 1. The monoisotopic (exact) mass is 224 g/mol. The molecule has 0 aliphatic heterocycles. The van der Waals surface area contributed by atoms with Crippen LogP contribution in [0.15, 0.2) is 0 Å². The Morgan fingerprint density at radius 2 is 1.69 bits per heavy atom. The number of nitrogens with two attached hydrogens (primary N) is 1. The smallest absolute Gasteiger partial charge is 0.00674 e. The van der Waals surface area contributed by atoms with Crippen molar-refractivity contribution < 1.29 is 0 Å². The van der Waals surface area contributed by atoms with Crippen LogP contribution in [-0.2, 0) is 0 Å². The molecule has 0 saturated heterocycles. The largest absolute Gasteiger partial charge is 0.330 e. The molecule has 0 heterocycles. The summed E-state index contributed by atoms with van der Waals surface area (Å²) in [6.07, 6.45) is 14.4. The molecule has 94 valence electrons. The highest BCUT2D eigenvalue weighted by Crippen LogP contribution is 2.47. The zero-order valence-electron chi connectivity index (χ0n) is 10.6. The molecular formula is C14H28N2. The van der Waals surface area contributed by atoms with Crippen molar-refractivity contribution >= 4 is 0 Å². The molecule has 3 N–H and O–H groups in total. The fraction of sp³-hybridized carbons (Fsp3) is 1.00. The molecule has 0 aromatic carbocycles. The molecule has 2 saturated carbocycles. The summed E-state index contributed by atoms with van der Waals surface area (Å²) in [7, 11) is 0. The molecule has 0 aromatic heterocycles. The van der Waals surface area contributed by atoms with Crippen LogP contribution in [0.4, 0.5) is 0 Å². The maximum Gasteiger partial charge on any atom is 0.00674 e. The minimum Gasteiger partial charge on any atom is -0.330 e. The Balaban J connectivity index is 1.69. The molecule has 0 radical (unpaired) electrons. The van der Waals surface area contributed by atoms with Gasteiger partial charge in [0, 0.05) is 6.04 Å². The summed E-state index contributed by atoms with van der Waals surface area (Å²) in [5.74, 6) is 0. The normalized spacial score (nSPS) is 26.1. The number of hydrogen-bond acceptors (Lipinski definition) is 2. The van der Waals surface area contributed by atoms with Gasteiger partial charge >= 0.3 is 0 Å².